The first kappa shape index (κ1) is 12.0. The van der Waals surface area contributed by atoms with Crippen molar-refractivity contribution in [3.05, 3.63) is 29.3 Å². The SMILES string of the molecule is NC1CCCc2c(OCC3CCOC3)cccc21. The number of nitrogens with two attached hydrogens (primary N) is 1. The number of hydrogen-bond acceptors (Lipinski definition) is 3. The summed E-state index contributed by atoms with van der Waals surface area (Å²) in [6.07, 6.45) is 4.48. The molecule has 98 valence electrons. The Balaban J connectivity index is 1.73. The van der Waals surface area contributed by atoms with Crippen molar-refractivity contribution in [1.82, 2.24) is 0 Å². The van der Waals surface area contributed by atoms with E-state index in [9.17, 15) is 0 Å². The zero-order chi connectivity index (χ0) is 12.4. The minimum absolute atomic E-state index is 0.187. The Morgan fingerprint density at radius 2 is 2.28 bits per heavy atom. The fourth-order valence-corrected chi connectivity index (χ4v) is 2.91. The number of hydrogen-bond donors (Lipinski definition) is 1. The predicted molar refractivity (Wildman–Crippen MR) is 70.7 cm³/mol. The topological polar surface area (TPSA) is 44.5 Å². The van der Waals surface area contributed by atoms with Gasteiger partial charge in [0.15, 0.2) is 0 Å². The van der Waals surface area contributed by atoms with Crippen LogP contribution < -0.4 is 10.5 Å². The van der Waals surface area contributed by atoms with Crippen LogP contribution in [0.2, 0.25) is 0 Å². The molecule has 1 aliphatic heterocycles. The molecule has 3 rings (SSSR count). The van der Waals surface area contributed by atoms with Crippen LogP contribution in [-0.4, -0.2) is 19.8 Å². The molecule has 1 fully saturated rings. The van der Waals surface area contributed by atoms with Gasteiger partial charge in [0.1, 0.15) is 5.75 Å². The molecule has 2 aliphatic rings. The molecule has 1 aromatic rings. The monoisotopic (exact) mass is 247 g/mol. The molecule has 0 radical (unpaired) electrons. The van der Waals surface area contributed by atoms with Crippen molar-refractivity contribution < 1.29 is 9.47 Å². The van der Waals surface area contributed by atoms with Gasteiger partial charge in [0.2, 0.25) is 0 Å². The molecule has 3 nitrogen and oxygen atoms in total. The standard InChI is InChI=1S/C15H21NO2/c16-14-5-1-4-13-12(14)3-2-6-15(13)18-10-11-7-8-17-9-11/h2-3,6,11,14H,1,4-5,7-10,16H2. The van der Waals surface area contributed by atoms with Crippen LogP contribution in [-0.2, 0) is 11.2 Å². The highest BCUT2D eigenvalue weighted by Gasteiger charge is 2.21. The molecular formula is C15H21NO2. The average molecular weight is 247 g/mol. The fraction of sp³-hybridized carbons (Fsp3) is 0.600. The van der Waals surface area contributed by atoms with E-state index in [-0.39, 0.29) is 6.04 Å². The Bertz CT molecular complexity index is 413. The molecule has 2 N–H and O–H groups in total. The van der Waals surface area contributed by atoms with Crippen molar-refractivity contribution in [3.63, 3.8) is 0 Å². The quantitative estimate of drug-likeness (QED) is 0.892. The van der Waals surface area contributed by atoms with E-state index in [0.717, 1.165) is 44.8 Å². The predicted octanol–water partition coefficient (Wildman–Crippen LogP) is 2.44. The van der Waals surface area contributed by atoms with Gasteiger partial charge >= 0.3 is 0 Å². The molecular weight excluding hydrogens is 226 g/mol. The summed E-state index contributed by atoms with van der Waals surface area (Å²) in [5, 5.41) is 0. The third-order valence-electron chi connectivity index (χ3n) is 4.01. The van der Waals surface area contributed by atoms with E-state index >= 15 is 0 Å². The van der Waals surface area contributed by atoms with Crippen molar-refractivity contribution in [1.29, 1.82) is 0 Å². The Kier molecular flexibility index (Phi) is 3.52. The van der Waals surface area contributed by atoms with Crippen LogP contribution in [0.1, 0.15) is 36.4 Å². The van der Waals surface area contributed by atoms with Gasteiger partial charge in [-0.1, -0.05) is 12.1 Å². The number of fused-ring (bicyclic) bond motifs is 1. The lowest BCUT2D eigenvalue weighted by Crippen LogP contribution is -2.19. The molecule has 0 spiro atoms. The molecule has 18 heavy (non-hydrogen) atoms. The van der Waals surface area contributed by atoms with E-state index < -0.39 is 0 Å². The lowest BCUT2D eigenvalue weighted by molar-refractivity contribution is 0.166. The van der Waals surface area contributed by atoms with E-state index in [0.29, 0.717) is 5.92 Å². The maximum Gasteiger partial charge on any atom is 0.122 e. The number of ether oxygens (including phenoxy) is 2. The van der Waals surface area contributed by atoms with Crippen LogP contribution in [0.3, 0.4) is 0 Å². The lowest BCUT2D eigenvalue weighted by atomic mass is 9.87. The maximum atomic E-state index is 6.16. The largest absolute Gasteiger partial charge is 0.493 e. The smallest absolute Gasteiger partial charge is 0.122 e. The van der Waals surface area contributed by atoms with Crippen molar-refractivity contribution in [2.75, 3.05) is 19.8 Å². The van der Waals surface area contributed by atoms with Crippen LogP contribution in [0.4, 0.5) is 0 Å². The van der Waals surface area contributed by atoms with Crippen LogP contribution >= 0.6 is 0 Å². The first-order valence-electron chi connectivity index (χ1n) is 6.92. The molecule has 1 saturated heterocycles. The molecule has 1 aliphatic carbocycles. The second kappa shape index (κ2) is 5.29. The molecule has 0 amide bonds. The lowest BCUT2D eigenvalue weighted by Gasteiger charge is -2.24. The Labute approximate surface area is 108 Å². The van der Waals surface area contributed by atoms with Gasteiger partial charge < -0.3 is 15.2 Å². The zero-order valence-electron chi connectivity index (χ0n) is 10.7. The second-order valence-corrected chi connectivity index (χ2v) is 5.36. The van der Waals surface area contributed by atoms with Crippen LogP contribution in [0, 0.1) is 5.92 Å². The zero-order valence-corrected chi connectivity index (χ0v) is 10.7. The van der Waals surface area contributed by atoms with Gasteiger partial charge in [0.25, 0.3) is 0 Å². The minimum Gasteiger partial charge on any atom is -0.493 e. The van der Waals surface area contributed by atoms with Crippen LogP contribution in [0.15, 0.2) is 18.2 Å². The minimum atomic E-state index is 0.187. The van der Waals surface area contributed by atoms with Gasteiger partial charge in [-0.2, -0.15) is 0 Å². The van der Waals surface area contributed by atoms with E-state index in [1.54, 1.807) is 0 Å². The van der Waals surface area contributed by atoms with Crippen molar-refractivity contribution in [2.45, 2.75) is 31.7 Å². The summed E-state index contributed by atoms with van der Waals surface area (Å²) >= 11 is 0. The summed E-state index contributed by atoms with van der Waals surface area (Å²) in [6.45, 7) is 2.49. The van der Waals surface area contributed by atoms with Crippen molar-refractivity contribution in [2.24, 2.45) is 11.7 Å². The summed E-state index contributed by atoms with van der Waals surface area (Å²) in [6, 6.07) is 6.47. The molecule has 3 heteroatoms. The molecule has 0 saturated carbocycles. The molecule has 2 atom stereocenters. The number of benzene rings is 1. The van der Waals surface area contributed by atoms with Gasteiger partial charge in [0, 0.05) is 18.6 Å². The number of rotatable bonds is 3. The normalized spacial score (nSPS) is 26.9. The van der Waals surface area contributed by atoms with Crippen LogP contribution in [0.25, 0.3) is 0 Å². The third kappa shape index (κ3) is 2.38. The summed E-state index contributed by atoms with van der Waals surface area (Å²) in [7, 11) is 0. The van der Waals surface area contributed by atoms with Gasteiger partial charge in [0.05, 0.1) is 13.2 Å². The van der Waals surface area contributed by atoms with Crippen molar-refractivity contribution in [3.8, 4) is 5.75 Å². The second-order valence-electron chi connectivity index (χ2n) is 5.36. The van der Waals surface area contributed by atoms with E-state index in [1.165, 1.54) is 17.5 Å². The van der Waals surface area contributed by atoms with E-state index in [4.69, 9.17) is 15.2 Å². The maximum absolute atomic E-state index is 6.16. The highest BCUT2D eigenvalue weighted by Crippen LogP contribution is 2.34. The molecule has 0 aromatic heterocycles. The summed E-state index contributed by atoms with van der Waals surface area (Å²) in [4.78, 5) is 0. The van der Waals surface area contributed by atoms with E-state index in [1.807, 2.05) is 0 Å². The summed E-state index contributed by atoms with van der Waals surface area (Å²) in [5.41, 5.74) is 8.77. The Morgan fingerprint density at radius 1 is 1.33 bits per heavy atom. The van der Waals surface area contributed by atoms with Gasteiger partial charge in [-0.05, 0) is 42.9 Å². The molecule has 1 aromatic carbocycles. The molecule has 0 bridgehead atoms. The molecule has 2 unspecified atom stereocenters. The summed E-state index contributed by atoms with van der Waals surface area (Å²) in [5.74, 6) is 1.59. The van der Waals surface area contributed by atoms with Gasteiger partial charge in [-0.25, -0.2) is 0 Å². The molecule has 1 heterocycles. The highest BCUT2D eigenvalue weighted by atomic mass is 16.5. The first-order valence-corrected chi connectivity index (χ1v) is 6.92. The average Bonchev–Trinajstić information content (AvgIpc) is 2.90. The Hall–Kier alpha value is -1.06. The first-order chi connectivity index (χ1) is 8.84. The van der Waals surface area contributed by atoms with Gasteiger partial charge in [-0.15, -0.1) is 0 Å². The Morgan fingerprint density at radius 3 is 3.11 bits per heavy atom. The van der Waals surface area contributed by atoms with E-state index in [2.05, 4.69) is 18.2 Å². The van der Waals surface area contributed by atoms with Gasteiger partial charge in [-0.3, -0.25) is 0 Å². The summed E-state index contributed by atoms with van der Waals surface area (Å²) < 4.78 is 11.4. The van der Waals surface area contributed by atoms with Crippen molar-refractivity contribution >= 4 is 0 Å². The van der Waals surface area contributed by atoms with Crippen LogP contribution in [0.5, 0.6) is 5.75 Å². The fourth-order valence-electron chi connectivity index (χ4n) is 2.91. The highest BCUT2D eigenvalue weighted by molar-refractivity contribution is 5.43. The third-order valence-corrected chi connectivity index (χ3v) is 4.01.